The quantitative estimate of drug-likeness (QED) is 0.380. The van der Waals surface area contributed by atoms with Crippen LogP contribution in [-0.4, -0.2) is 23.9 Å². The van der Waals surface area contributed by atoms with Gasteiger partial charge in [0.25, 0.3) is 5.91 Å². The van der Waals surface area contributed by atoms with Crippen LogP contribution in [0.1, 0.15) is 40.7 Å². The fourth-order valence-electron chi connectivity index (χ4n) is 4.43. The lowest BCUT2D eigenvalue weighted by Gasteiger charge is -2.32. The molecular weight excluding hydrogens is 430 g/mol. The zero-order valence-corrected chi connectivity index (χ0v) is 18.1. The lowest BCUT2D eigenvalue weighted by Crippen LogP contribution is -2.39. The van der Waals surface area contributed by atoms with Gasteiger partial charge < -0.3 is 4.90 Å². The highest BCUT2D eigenvalue weighted by Gasteiger charge is 2.38. The molecule has 2 nitrogen and oxygen atoms in total. The molecule has 0 bridgehead atoms. The van der Waals surface area contributed by atoms with Crippen LogP contribution in [0, 0.1) is 11.7 Å². The number of amides is 1. The standard InChI is InChI=1S/C27H25F4NO/c28-24-8-4-7-23(27(29,30)31)25(24)26(33)32-17-15-20(16-18-32)10-9-19-11-13-22(14-12-19)21-5-2-1-3-6-21/h1-8,11-14,20H,9-10,15-18H2. The SMILES string of the molecule is O=C(c1c(F)cccc1C(F)(F)F)N1CCC(CCc2ccc(-c3ccccc3)cc2)CC1. The molecule has 1 fully saturated rings. The van der Waals surface area contributed by atoms with Gasteiger partial charge in [0.15, 0.2) is 0 Å². The first-order chi connectivity index (χ1) is 15.8. The molecule has 0 radical (unpaired) electrons. The van der Waals surface area contributed by atoms with Gasteiger partial charge in [0.2, 0.25) is 0 Å². The molecular formula is C27H25F4NO. The van der Waals surface area contributed by atoms with Crippen molar-refractivity contribution in [1.29, 1.82) is 0 Å². The summed E-state index contributed by atoms with van der Waals surface area (Å²) in [7, 11) is 0. The Kier molecular flexibility index (Phi) is 6.82. The third kappa shape index (κ3) is 5.44. The van der Waals surface area contributed by atoms with Crippen molar-refractivity contribution in [2.75, 3.05) is 13.1 Å². The molecule has 3 aromatic carbocycles. The summed E-state index contributed by atoms with van der Waals surface area (Å²) in [5.41, 5.74) is 1.48. The summed E-state index contributed by atoms with van der Waals surface area (Å²) in [5.74, 6) is -1.63. The number of hydrogen-bond acceptors (Lipinski definition) is 1. The molecule has 0 atom stereocenters. The van der Waals surface area contributed by atoms with Crippen LogP contribution in [0.5, 0.6) is 0 Å². The average molecular weight is 455 g/mol. The van der Waals surface area contributed by atoms with Crippen LogP contribution < -0.4 is 0 Å². The fraction of sp³-hybridized carbons (Fsp3) is 0.296. The molecule has 1 heterocycles. The molecule has 3 aromatic rings. The third-order valence-corrected chi connectivity index (χ3v) is 6.34. The van der Waals surface area contributed by atoms with Crippen molar-refractivity contribution in [1.82, 2.24) is 4.90 Å². The molecule has 1 saturated heterocycles. The van der Waals surface area contributed by atoms with Crippen LogP contribution >= 0.6 is 0 Å². The Morgan fingerprint density at radius 1 is 0.848 bits per heavy atom. The number of alkyl halides is 3. The Hall–Kier alpha value is -3.15. The van der Waals surface area contributed by atoms with Crippen LogP contribution in [0.4, 0.5) is 17.6 Å². The van der Waals surface area contributed by atoms with Crippen molar-refractivity contribution in [2.45, 2.75) is 31.9 Å². The first kappa shape index (κ1) is 23.0. The number of rotatable bonds is 5. The molecule has 172 valence electrons. The average Bonchev–Trinajstić information content (AvgIpc) is 2.83. The normalized spacial score (nSPS) is 15.0. The van der Waals surface area contributed by atoms with E-state index in [0.717, 1.165) is 36.6 Å². The largest absolute Gasteiger partial charge is 0.417 e. The van der Waals surface area contributed by atoms with Gasteiger partial charge in [0.1, 0.15) is 5.82 Å². The second-order valence-electron chi connectivity index (χ2n) is 8.50. The summed E-state index contributed by atoms with van der Waals surface area (Å²) in [6, 6.07) is 21.3. The Morgan fingerprint density at radius 3 is 2.12 bits per heavy atom. The van der Waals surface area contributed by atoms with Crippen molar-refractivity contribution in [2.24, 2.45) is 5.92 Å². The molecule has 4 rings (SSSR count). The fourth-order valence-corrected chi connectivity index (χ4v) is 4.43. The van der Waals surface area contributed by atoms with Crippen LogP contribution in [0.3, 0.4) is 0 Å². The second kappa shape index (κ2) is 9.77. The van der Waals surface area contributed by atoms with Gasteiger partial charge in [-0.05, 0) is 60.4 Å². The van der Waals surface area contributed by atoms with E-state index in [-0.39, 0.29) is 0 Å². The molecule has 0 aliphatic carbocycles. The topological polar surface area (TPSA) is 20.3 Å². The van der Waals surface area contributed by atoms with Gasteiger partial charge in [0.05, 0.1) is 11.1 Å². The third-order valence-electron chi connectivity index (χ3n) is 6.34. The molecule has 1 amide bonds. The number of likely N-dealkylation sites (tertiary alicyclic amines) is 1. The van der Waals surface area contributed by atoms with Gasteiger partial charge in [-0.1, -0.05) is 60.7 Å². The van der Waals surface area contributed by atoms with E-state index in [9.17, 15) is 22.4 Å². The van der Waals surface area contributed by atoms with Gasteiger partial charge in [0, 0.05) is 13.1 Å². The van der Waals surface area contributed by atoms with Crippen molar-refractivity contribution < 1.29 is 22.4 Å². The summed E-state index contributed by atoms with van der Waals surface area (Å²) in [6.07, 6.45) is -1.53. The Labute approximate surface area is 190 Å². The molecule has 0 saturated carbocycles. The maximum absolute atomic E-state index is 14.2. The van der Waals surface area contributed by atoms with E-state index in [4.69, 9.17) is 0 Å². The highest BCUT2D eigenvalue weighted by Crippen LogP contribution is 2.34. The summed E-state index contributed by atoms with van der Waals surface area (Å²) in [6.45, 7) is 0.671. The Balaban J connectivity index is 1.32. The maximum Gasteiger partial charge on any atom is 0.417 e. The molecule has 0 unspecified atom stereocenters. The lowest BCUT2D eigenvalue weighted by atomic mass is 9.89. The van der Waals surface area contributed by atoms with Crippen molar-refractivity contribution in [3.63, 3.8) is 0 Å². The minimum atomic E-state index is -4.78. The number of piperidine rings is 1. The van der Waals surface area contributed by atoms with E-state index >= 15 is 0 Å². The number of carbonyl (C=O) groups is 1. The van der Waals surface area contributed by atoms with E-state index in [1.165, 1.54) is 16.0 Å². The van der Waals surface area contributed by atoms with Crippen LogP contribution in [0.25, 0.3) is 11.1 Å². The van der Waals surface area contributed by atoms with Crippen LogP contribution in [-0.2, 0) is 12.6 Å². The summed E-state index contributed by atoms with van der Waals surface area (Å²) >= 11 is 0. The monoisotopic (exact) mass is 455 g/mol. The molecule has 1 aliphatic heterocycles. The highest BCUT2D eigenvalue weighted by atomic mass is 19.4. The summed E-state index contributed by atoms with van der Waals surface area (Å²) < 4.78 is 54.0. The van der Waals surface area contributed by atoms with E-state index in [2.05, 4.69) is 36.4 Å². The minimum absolute atomic E-state index is 0.335. The van der Waals surface area contributed by atoms with Gasteiger partial charge in [-0.15, -0.1) is 0 Å². The second-order valence-corrected chi connectivity index (χ2v) is 8.50. The molecule has 0 spiro atoms. The number of halogens is 4. The predicted octanol–water partition coefficient (Wildman–Crippen LogP) is 7.00. The van der Waals surface area contributed by atoms with Crippen molar-refractivity contribution in [3.8, 4) is 11.1 Å². The van der Waals surface area contributed by atoms with Gasteiger partial charge in [-0.2, -0.15) is 13.2 Å². The number of aryl methyl sites for hydroxylation is 1. The molecule has 0 aromatic heterocycles. The lowest BCUT2D eigenvalue weighted by molar-refractivity contribution is -0.138. The zero-order valence-electron chi connectivity index (χ0n) is 18.1. The minimum Gasteiger partial charge on any atom is -0.339 e. The number of carbonyl (C=O) groups excluding carboxylic acids is 1. The van der Waals surface area contributed by atoms with E-state index < -0.39 is 29.0 Å². The highest BCUT2D eigenvalue weighted by molar-refractivity contribution is 5.96. The first-order valence-corrected chi connectivity index (χ1v) is 11.1. The maximum atomic E-state index is 14.2. The van der Waals surface area contributed by atoms with E-state index in [1.54, 1.807) is 0 Å². The van der Waals surface area contributed by atoms with Crippen molar-refractivity contribution in [3.05, 3.63) is 95.3 Å². The molecule has 33 heavy (non-hydrogen) atoms. The van der Waals surface area contributed by atoms with Crippen molar-refractivity contribution >= 4 is 5.91 Å². The van der Waals surface area contributed by atoms with Crippen LogP contribution in [0.2, 0.25) is 0 Å². The Morgan fingerprint density at radius 2 is 1.48 bits per heavy atom. The summed E-state index contributed by atoms with van der Waals surface area (Å²) in [4.78, 5) is 14.1. The first-order valence-electron chi connectivity index (χ1n) is 11.1. The number of benzene rings is 3. The smallest absolute Gasteiger partial charge is 0.339 e. The molecule has 6 heteroatoms. The molecule has 1 aliphatic rings. The number of hydrogen-bond donors (Lipinski definition) is 0. The van der Waals surface area contributed by atoms with E-state index in [0.29, 0.717) is 31.8 Å². The van der Waals surface area contributed by atoms with Gasteiger partial charge >= 0.3 is 6.18 Å². The predicted molar refractivity (Wildman–Crippen MR) is 120 cm³/mol. The van der Waals surface area contributed by atoms with Gasteiger partial charge in [-0.3, -0.25) is 4.79 Å². The molecule has 0 N–H and O–H groups in total. The van der Waals surface area contributed by atoms with Gasteiger partial charge in [-0.25, -0.2) is 4.39 Å². The van der Waals surface area contributed by atoms with Crippen LogP contribution in [0.15, 0.2) is 72.8 Å². The Bertz CT molecular complexity index is 1090. The zero-order chi connectivity index (χ0) is 23.4. The number of nitrogens with zero attached hydrogens (tertiary/aromatic N) is 1. The van der Waals surface area contributed by atoms with E-state index in [1.807, 2.05) is 18.2 Å². The summed E-state index contributed by atoms with van der Waals surface area (Å²) in [5, 5.41) is 0.